The number of methoxy groups -OCH3 is 1. The molecule has 0 fully saturated rings. The molecule has 0 saturated heterocycles. The molecule has 4 nitrogen and oxygen atoms in total. The van der Waals surface area contributed by atoms with Crippen LogP contribution in [-0.4, -0.2) is 21.9 Å². The van der Waals surface area contributed by atoms with Crippen molar-refractivity contribution in [3.63, 3.8) is 0 Å². The second-order valence-electron chi connectivity index (χ2n) is 3.14. The van der Waals surface area contributed by atoms with E-state index in [-0.39, 0.29) is 5.82 Å². The molecule has 0 aliphatic heterocycles. The number of hydrogen-bond donors (Lipinski definition) is 0. The van der Waals surface area contributed by atoms with Crippen LogP contribution >= 0.6 is 15.9 Å². The summed E-state index contributed by atoms with van der Waals surface area (Å²) in [6.45, 7) is 0.404. The Balaban J connectivity index is 2.33. The molecule has 0 unspecified atom stereocenters. The van der Waals surface area contributed by atoms with Crippen molar-refractivity contribution in [3.8, 4) is 5.75 Å². The summed E-state index contributed by atoms with van der Waals surface area (Å²) < 4.78 is 20.5. The van der Waals surface area contributed by atoms with E-state index in [2.05, 4.69) is 26.0 Å². The smallest absolute Gasteiger partial charge is 0.195 e. The molecule has 0 spiro atoms. The number of rotatable bonds is 3. The third-order valence-electron chi connectivity index (χ3n) is 2.13. The molecule has 0 aliphatic rings. The zero-order valence-electron chi connectivity index (χ0n) is 8.52. The van der Waals surface area contributed by atoms with Crippen molar-refractivity contribution in [1.29, 1.82) is 0 Å². The first-order chi connectivity index (χ1) is 7.70. The van der Waals surface area contributed by atoms with Gasteiger partial charge in [-0.1, -0.05) is 0 Å². The number of halogens is 2. The predicted molar refractivity (Wildman–Crippen MR) is 59.8 cm³/mol. The van der Waals surface area contributed by atoms with Gasteiger partial charge in [0.25, 0.3) is 0 Å². The Labute approximate surface area is 100 Å². The fourth-order valence-electron chi connectivity index (χ4n) is 1.39. The Bertz CT molecular complexity index is 501. The van der Waals surface area contributed by atoms with Gasteiger partial charge >= 0.3 is 0 Å². The first-order valence-electron chi connectivity index (χ1n) is 4.56. The van der Waals surface area contributed by atoms with Crippen LogP contribution in [0.25, 0.3) is 0 Å². The summed E-state index contributed by atoms with van der Waals surface area (Å²) in [6.07, 6.45) is 1.43. The van der Waals surface area contributed by atoms with Gasteiger partial charge in [0.05, 0.1) is 13.7 Å². The molecule has 84 valence electrons. The van der Waals surface area contributed by atoms with Gasteiger partial charge in [-0.3, -0.25) is 0 Å². The van der Waals surface area contributed by atoms with E-state index in [0.717, 1.165) is 0 Å². The maximum Gasteiger partial charge on any atom is 0.195 e. The minimum atomic E-state index is -0.299. The van der Waals surface area contributed by atoms with Gasteiger partial charge in [-0.15, -0.1) is 0 Å². The Kier molecular flexibility index (Phi) is 3.19. The normalized spacial score (nSPS) is 10.4. The topological polar surface area (TPSA) is 39.9 Å². The van der Waals surface area contributed by atoms with E-state index in [1.54, 1.807) is 17.9 Å². The Morgan fingerprint density at radius 3 is 2.94 bits per heavy atom. The molecule has 0 amide bonds. The summed E-state index contributed by atoms with van der Waals surface area (Å²) in [5, 5.41) is 4.00. The summed E-state index contributed by atoms with van der Waals surface area (Å²) in [6, 6.07) is 4.38. The molecule has 0 radical (unpaired) electrons. The molecule has 0 saturated carbocycles. The van der Waals surface area contributed by atoms with Crippen LogP contribution in [0.4, 0.5) is 4.39 Å². The minimum Gasteiger partial charge on any atom is -0.496 e. The molecule has 0 aliphatic carbocycles. The van der Waals surface area contributed by atoms with E-state index in [0.29, 0.717) is 22.6 Å². The molecule has 0 N–H and O–H groups in total. The molecule has 0 atom stereocenters. The zero-order chi connectivity index (χ0) is 11.5. The van der Waals surface area contributed by atoms with Crippen molar-refractivity contribution in [3.05, 3.63) is 40.6 Å². The van der Waals surface area contributed by atoms with Crippen molar-refractivity contribution < 1.29 is 9.13 Å². The van der Waals surface area contributed by atoms with Crippen LogP contribution in [0.15, 0.2) is 29.3 Å². The van der Waals surface area contributed by atoms with Crippen molar-refractivity contribution >= 4 is 15.9 Å². The van der Waals surface area contributed by atoms with Gasteiger partial charge in [0.1, 0.15) is 17.9 Å². The monoisotopic (exact) mass is 285 g/mol. The highest BCUT2D eigenvalue weighted by Gasteiger charge is 2.08. The zero-order valence-corrected chi connectivity index (χ0v) is 10.1. The second kappa shape index (κ2) is 4.61. The molecule has 6 heteroatoms. The molecule has 1 aromatic carbocycles. The van der Waals surface area contributed by atoms with Gasteiger partial charge in [-0.2, -0.15) is 5.10 Å². The van der Waals surface area contributed by atoms with Gasteiger partial charge in [-0.05, 0) is 34.1 Å². The highest BCUT2D eigenvalue weighted by atomic mass is 79.9. The lowest BCUT2D eigenvalue weighted by Gasteiger charge is -2.08. The summed E-state index contributed by atoms with van der Waals surface area (Å²) in [7, 11) is 1.55. The van der Waals surface area contributed by atoms with Crippen molar-refractivity contribution in [2.45, 2.75) is 6.54 Å². The third-order valence-corrected chi connectivity index (χ3v) is 2.74. The third kappa shape index (κ3) is 2.21. The number of nitrogens with zero attached hydrogens (tertiary/aromatic N) is 3. The van der Waals surface area contributed by atoms with Crippen LogP contribution in [0.5, 0.6) is 5.75 Å². The highest BCUT2D eigenvalue weighted by molar-refractivity contribution is 9.10. The molecule has 0 bridgehead atoms. The Morgan fingerprint density at radius 1 is 1.50 bits per heavy atom. The molecular formula is C10H9BrFN3O. The van der Waals surface area contributed by atoms with Crippen molar-refractivity contribution in [1.82, 2.24) is 14.8 Å². The Hall–Kier alpha value is -1.43. The van der Waals surface area contributed by atoms with E-state index >= 15 is 0 Å². The largest absolute Gasteiger partial charge is 0.496 e. The maximum absolute atomic E-state index is 13.1. The fourth-order valence-corrected chi connectivity index (χ4v) is 1.70. The van der Waals surface area contributed by atoms with Crippen molar-refractivity contribution in [2.75, 3.05) is 7.11 Å². The average Bonchev–Trinajstić information content (AvgIpc) is 2.65. The maximum atomic E-state index is 13.1. The number of ether oxygens (including phenoxy) is 1. The summed E-state index contributed by atoms with van der Waals surface area (Å²) in [5.74, 6) is 0.329. The van der Waals surface area contributed by atoms with Crippen LogP contribution < -0.4 is 4.74 Å². The standard InChI is InChI=1S/C10H9BrFN3O/c1-16-9-3-2-8(12)4-7(9)5-15-10(11)13-6-14-15/h2-4,6H,5H2,1H3. The van der Waals surface area contributed by atoms with E-state index < -0.39 is 0 Å². The van der Waals surface area contributed by atoms with Gasteiger partial charge in [0.15, 0.2) is 4.73 Å². The molecule has 2 rings (SSSR count). The van der Waals surface area contributed by atoms with Gasteiger partial charge in [0.2, 0.25) is 0 Å². The first-order valence-corrected chi connectivity index (χ1v) is 5.35. The van der Waals surface area contributed by atoms with Crippen LogP contribution in [0.3, 0.4) is 0 Å². The molecule has 1 heterocycles. The van der Waals surface area contributed by atoms with Crippen LogP contribution in [0.1, 0.15) is 5.56 Å². The first kappa shape index (κ1) is 11.1. The molecule has 16 heavy (non-hydrogen) atoms. The molecule has 2 aromatic rings. The number of benzene rings is 1. The van der Waals surface area contributed by atoms with Gasteiger partial charge < -0.3 is 4.74 Å². The highest BCUT2D eigenvalue weighted by Crippen LogP contribution is 2.21. The molecular weight excluding hydrogens is 277 g/mol. The SMILES string of the molecule is COc1ccc(F)cc1Cn1ncnc1Br. The lowest BCUT2D eigenvalue weighted by Crippen LogP contribution is -2.04. The minimum absolute atomic E-state index is 0.299. The van der Waals surface area contributed by atoms with Crippen molar-refractivity contribution in [2.24, 2.45) is 0 Å². The fraction of sp³-hybridized carbons (Fsp3) is 0.200. The van der Waals surface area contributed by atoms with E-state index in [4.69, 9.17) is 4.74 Å². The lowest BCUT2D eigenvalue weighted by molar-refractivity contribution is 0.405. The Morgan fingerprint density at radius 2 is 2.31 bits per heavy atom. The van der Waals surface area contributed by atoms with E-state index in [1.807, 2.05) is 0 Å². The van der Waals surface area contributed by atoms with E-state index in [1.165, 1.54) is 18.5 Å². The summed E-state index contributed by atoms with van der Waals surface area (Å²) >= 11 is 3.24. The summed E-state index contributed by atoms with van der Waals surface area (Å²) in [5.41, 5.74) is 0.716. The van der Waals surface area contributed by atoms with E-state index in [9.17, 15) is 4.39 Å². The quantitative estimate of drug-likeness (QED) is 0.868. The van der Waals surface area contributed by atoms with Crippen LogP contribution in [-0.2, 0) is 6.54 Å². The van der Waals surface area contributed by atoms with Gasteiger partial charge in [0, 0.05) is 5.56 Å². The number of hydrogen-bond acceptors (Lipinski definition) is 3. The predicted octanol–water partition coefficient (Wildman–Crippen LogP) is 2.24. The summed E-state index contributed by atoms with van der Waals surface area (Å²) in [4.78, 5) is 3.92. The molecule has 1 aromatic heterocycles. The van der Waals surface area contributed by atoms with Crippen LogP contribution in [0.2, 0.25) is 0 Å². The number of aromatic nitrogens is 3. The van der Waals surface area contributed by atoms with Crippen LogP contribution in [0, 0.1) is 5.82 Å². The average molecular weight is 286 g/mol. The lowest BCUT2D eigenvalue weighted by atomic mass is 10.2. The second-order valence-corrected chi connectivity index (χ2v) is 3.85. The van der Waals surface area contributed by atoms with Gasteiger partial charge in [-0.25, -0.2) is 14.1 Å².